The number of anilines is 1. The Kier molecular flexibility index (Phi) is 6.15. The minimum Gasteiger partial charge on any atom is -0.464 e. The molecule has 5 nitrogen and oxygen atoms in total. The van der Waals surface area contributed by atoms with Gasteiger partial charge in [-0.05, 0) is 42.7 Å². The van der Waals surface area contributed by atoms with Gasteiger partial charge in [-0.3, -0.25) is 4.79 Å². The van der Waals surface area contributed by atoms with E-state index in [2.05, 4.69) is 5.32 Å². The van der Waals surface area contributed by atoms with Gasteiger partial charge in [-0.15, -0.1) is 0 Å². The molecule has 0 saturated carbocycles. The molecule has 1 aliphatic rings. The topological polar surface area (TPSA) is 54.7 Å². The van der Waals surface area contributed by atoms with Crippen molar-refractivity contribution in [1.82, 2.24) is 5.32 Å². The Bertz CT molecular complexity index is 1130. The van der Waals surface area contributed by atoms with Crippen molar-refractivity contribution >= 4 is 22.6 Å². The molecular weight excluding hydrogens is 421 g/mol. The van der Waals surface area contributed by atoms with Crippen LogP contribution < -0.4 is 10.2 Å². The van der Waals surface area contributed by atoms with Gasteiger partial charge < -0.3 is 19.4 Å². The SMILES string of the molecule is Cc1ccc2c(CC(=O)NCc3ccc(N4CCOCC4)cc3C(F)(F)F)coc2c1C. The van der Waals surface area contributed by atoms with Gasteiger partial charge in [0, 0.05) is 36.3 Å². The van der Waals surface area contributed by atoms with Crippen LogP contribution in [0.25, 0.3) is 11.0 Å². The zero-order valence-corrected chi connectivity index (χ0v) is 18.0. The average Bonchev–Trinajstić information content (AvgIpc) is 3.18. The molecule has 0 atom stereocenters. The number of nitrogens with one attached hydrogen (secondary N) is 1. The van der Waals surface area contributed by atoms with Crippen molar-refractivity contribution in [3.05, 3.63) is 64.4 Å². The van der Waals surface area contributed by atoms with Crippen LogP contribution >= 0.6 is 0 Å². The van der Waals surface area contributed by atoms with Crippen molar-refractivity contribution in [3.63, 3.8) is 0 Å². The second-order valence-electron chi connectivity index (χ2n) is 8.04. The third-order valence-corrected chi connectivity index (χ3v) is 5.94. The molecule has 4 rings (SSSR count). The number of rotatable bonds is 5. The highest BCUT2D eigenvalue weighted by atomic mass is 19.4. The summed E-state index contributed by atoms with van der Waals surface area (Å²) in [6.45, 7) is 5.79. The largest absolute Gasteiger partial charge is 0.464 e. The quantitative estimate of drug-likeness (QED) is 0.614. The minimum atomic E-state index is -4.52. The third-order valence-electron chi connectivity index (χ3n) is 5.94. The number of aryl methyl sites for hydroxylation is 2. The highest BCUT2D eigenvalue weighted by Gasteiger charge is 2.34. The second-order valence-corrected chi connectivity index (χ2v) is 8.04. The smallest absolute Gasteiger partial charge is 0.416 e. The summed E-state index contributed by atoms with van der Waals surface area (Å²) in [5.41, 5.74) is 3.33. The van der Waals surface area contributed by atoms with Crippen LogP contribution in [0.15, 0.2) is 41.0 Å². The molecule has 1 N–H and O–H groups in total. The van der Waals surface area contributed by atoms with E-state index in [1.165, 1.54) is 12.3 Å². The van der Waals surface area contributed by atoms with E-state index in [0.717, 1.165) is 28.2 Å². The van der Waals surface area contributed by atoms with Gasteiger partial charge in [0.2, 0.25) is 5.91 Å². The van der Waals surface area contributed by atoms with Gasteiger partial charge in [-0.25, -0.2) is 0 Å². The molecule has 1 aromatic heterocycles. The van der Waals surface area contributed by atoms with Crippen LogP contribution in [0.3, 0.4) is 0 Å². The van der Waals surface area contributed by atoms with Crippen molar-refractivity contribution in [2.24, 2.45) is 0 Å². The van der Waals surface area contributed by atoms with Crippen molar-refractivity contribution in [2.75, 3.05) is 31.2 Å². The van der Waals surface area contributed by atoms with Gasteiger partial charge in [0.15, 0.2) is 0 Å². The van der Waals surface area contributed by atoms with E-state index < -0.39 is 11.7 Å². The van der Waals surface area contributed by atoms with Gasteiger partial charge in [-0.1, -0.05) is 18.2 Å². The van der Waals surface area contributed by atoms with E-state index in [9.17, 15) is 18.0 Å². The van der Waals surface area contributed by atoms with Crippen LogP contribution in [0.1, 0.15) is 27.8 Å². The Morgan fingerprint density at radius 3 is 2.56 bits per heavy atom. The molecule has 2 aromatic carbocycles. The summed E-state index contributed by atoms with van der Waals surface area (Å²) in [5, 5.41) is 3.47. The number of nitrogens with zero attached hydrogens (tertiary/aromatic N) is 1. The summed E-state index contributed by atoms with van der Waals surface area (Å²) in [7, 11) is 0. The van der Waals surface area contributed by atoms with Crippen molar-refractivity contribution in [2.45, 2.75) is 33.0 Å². The first-order chi connectivity index (χ1) is 15.2. The summed E-state index contributed by atoms with van der Waals surface area (Å²) in [6.07, 6.45) is -2.95. The Balaban J connectivity index is 1.48. The number of benzene rings is 2. The molecule has 8 heteroatoms. The van der Waals surface area contributed by atoms with E-state index in [1.54, 1.807) is 6.07 Å². The summed E-state index contributed by atoms with van der Waals surface area (Å²) in [4.78, 5) is 14.4. The van der Waals surface area contributed by atoms with E-state index in [0.29, 0.717) is 37.6 Å². The molecule has 1 amide bonds. The lowest BCUT2D eigenvalue weighted by molar-refractivity contribution is -0.138. The molecule has 0 radical (unpaired) electrons. The fourth-order valence-corrected chi connectivity index (χ4v) is 3.96. The number of hydrogen-bond donors (Lipinski definition) is 1. The van der Waals surface area contributed by atoms with Crippen LogP contribution in [-0.2, 0) is 28.7 Å². The first-order valence-corrected chi connectivity index (χ1v) is 10.5. The number of carbonyl (C=O) groups is 1. The summed E-state index contributed by atoms with van der Waals surface area (Å²) >= 11 is 0. The van der Waals surface area contributed by atoms with Gasteiger partial charge in [0.1, 0.15) is 5.58 Å². The Labute approximate surface area is 184 Å². The normalized spacial score (nSPS) is 14.7. The number of ether oxygens (including phenoxy) is 1. The molecule has 0 bridgehead atoms. The van der Waals surface area contributed by atoms with Crippen LogP contribution in [-0.4, -0.2) is 32.2 Å². The first kappa shape index (κ1) is 22.2. The molecule has 1 aliphatic heterocycles. The molecule has 1 saturated heterocycles. The van der Waals surface area contributed by atoms with Gasteiger partial charge >= 0.3 is 6.18 Å². The number of alkyl halides is 3. The van der Waals surface area contributed by atoms with E-state index >= 15 is 0 Å². The third kappa shape index (κ3) is 4.60. The highest BCUT2D eigenvalue weighted by molar-refractivity contribution is 5.89. The van der Waals surface area contributed by atoms with Crippen LogP contribution in [0.2, 0.25) is 0 Å². The number of furan rings is 1. The van der Waals surface area contributed by atoms with Crippen LogP contribution in [0.5, 0.6) is 0 Å². The lowest BCUT2D eigenvalue weighted by Crippen LogP contribution is -2.36. The summed E-state index contributed by atoms with van der Waals surface area (Å²) in [5.74, 6) is -0.365. The minimum absolute atomic E-state index is 0.0305. The molecule has 170 valence electrons. The van der Waals surface area contributed by atoms with E-state index in [-0.39, 0.29) is 24.4 Å². The predicted molar refractivity (Wildman–Crippen MR) is 116 cm³/mol. The maximum atomic E-state index is 13.7. The Hall–Kier alpha value is -3.00. The number of carbonyl (C=O) groups excluding carboxylic acids is 1. The lowest BCUT2D eigenvalue weighted by atomic mass is 10.0. The fourth-order valence-electron chi connectivity index (χ4n) is 3.96. The molecule has 1 fully saturated rings. The standard InChI is InChI=1S/C24H25F3N2O3/c1-15-3-6-20-18(14-32-23(20)16(15)2)11-22(30)28-13-17-4-5-19(12-21(17)24(25,26)27)29-7-9-31-10-8-29/h3-6,12,14H,7-11,13H2,1-2H3,(H,28,30). The first-order valence-electron chi connectivity index (χ1n) is 10.5. The molecule has 0 spiro atoms. The number of morpholine rings is 1. The van der Waals surface area contributed by atoms with Crippen LogP contribution in [0, 0.1) is 13.8 Å². The zero-order valence-electron chi connectivity index (χ0n) is 18.0. The Morgan fingerprint density at radius 2 is 1.84 bits per heavy atom. The van der Waals surface area contributed by atoms with Gasteiger partial charge in [0.05, 0.1) is 31.5 Å². The molecule has 32 heavy (non-hydrogen) atoms. The van der Waals surface area contributed by atoms with E-state index in [4.69, 9.17) is 9.15 Å². The predicted octanol–water partition coefficient (Wildman–Crippen LogP) is 4.76. The number of hydrogen-bond acceptors (Lipinski definition) is 4. The molecular formula is C24H25F3N2O3. The number of fused-ring (bicyclic) bond motifs is 1. The number of amides is 1. The van der Waals surface area contributed by atoms with Crippen molar-refractivity contribution in [1.29, 1.82) is 0 Å². The van der Waals surface area contributed by atoms with Gasteiger partial charge in [0.25, 0.3) is 0 Å². The summed E-state index contributed by atoms with van der Waals surface area (Å²) < 4.78 is 52.0. The molecule has 0 unspecified atom stereocenters. The maximum absolute atomic E-state index is 13.7. The highest BCUT2D eigenvalue weighted by Crippen LogP contribution is 2.35. The average molecular weight is 446 g/mol. The lowest BCUT2D eigenvalue weighted by Gasteiger charge is -2.29. The van der Waals surface area contributed by atoms with Crippen LogP contribution in [0.4, 0.5) is 18.9 Å². The Morgan fingerprint density at radius 1 is 1.09 bits per heavy atom. The maximum Gasteiger partial charge on any atom is 0.416 e. The molecule has 3 aromatic rings. The second kappa shape index (κ2) is 8.86. The van der Waals surface area contributed by atoms with E-state index in [1.807, 2.05) is 30.9 Å². The monoisotopic (exact) mass is 446 g/mol. The fraction of sp³-hybridized carbons (Fsp3) is 0.375. The molecule has 2 heterocycles. The van der Waals surface area contributed by atoms with Crippen molar-refractivity contribution in [3.8, 4) is 0 Å². The van der Waals surface area contributed by atoms with Gasteiger partial charge in [-0.2, -0.15) is 13.2 Å². The number of halogens is 3. The zero-order chi connectivity index (χ0) is 22.9. The summed E-state index contributed by atoms with van der Waals surface area (Å²) in [6, 6.07) is 8.11. The molecule has 0 aliphatic carbocycles. The van der Waals surface area contributed by atoms with Crippen molar-refractivity contribution < 1.29 is 27.1 Å².